The molecule has 0 saturated heterocycles. The van der Waals surface area contributed by atoms with Crippen molar-refractivity contribution >= 4 is 11.6 Å². The number of ether oxygens (including phenoxy) is 2. The monoisotopic (exact) mass is 269 g/mol. The summed E-state index contributed by atoms with van der Waals surface area (Å²) in [5, 5.41) is 0.665. The Kier molecular flexibility index (Phi) is 4.03. The number of fused-ring (bicyclic) bond motifs is 1. The maximum Gasteiger partial charge on any atom is 0.165 e. The Labute approximate surface area is 113 Å². The average molecular weight is 270 g/mol. The molecule has 18 heavy (non-hydrogen) atoms. The zero-order valence-electron chi connectivity index (χ0n) is 11.1. The van der Waals surface area contributed by atoms with E-state index in [0.717, 1.165) is 29.0 Å². The van der Waals surface area contributed by atoms with Crippen LogP contribution >= 0.6 is 11.6 Å². The average Bonchev–Trinajstić information content (AvgIpc) is 2.51. The Morgan fingerprint density at radius 1 is 1.17 bits per heavy atom. The first-order valence-corrected chi connectivity index (χ1v) is 6.77. The van der Waals surface area contributed by atoms with Crippen LogP contribution in [0.2, 0.25) is 5.02 Å². The fourth-order valence-electron chi connectivity index (χ4n) is 2.35. The SMILES string of the molecule is CC(C)c1c2c(cc(Cl)c1C(C)N)OCCCO2. The van der Waals surface area contributed by atoms with E-state index < -0.39 is 0 Å². The minimum absolute atomic E-state index is 0.118. The minimum atomic E-state index is -0.118. The highest BCUT2D eigenvalue weighted by Crippen LogP contribution is 2.44. The molecule has 2 N–H and O–H groups in total. The van der Waals surface area contributed by atoms with Gasteiger partial charge in [-0.15, -0.1) is 0 Å². The molecule has 0 aromatic heterocycles. The third kappa shape index (κ3) is 2.43. The first-order chi connectivity index (χ1) is 8.52. The Bertz CT molecular complexity index is 444. The molecule has 1 aliphatic rings. The molecule has 0 aliphatic carbocycles. The molecule has 100 valence electrons. The second kappa shape index (κ2) is 5.37. The number of benzene rings is 1. The largest absolute Gasteiger partial charge is 0.489 e. The number of hydrogen-bond donors (Lipinski definition) is 1. The molecule has 0 bridgehead atoms. The second-order valence-corrected chi connectivity index (χ2v) is 5.41. The number of rotatable bonds is 2. The van der Waals surface area contributed by atoms with Gasteiger partial charge in [-0.1, -0.05) is 25.4 Å². The van der Waals surface area contributed by atoms with Gasteiger partial charge in [0.2, 0.25) is 0 Å². The summed E-state index contributed by atoms with van der Waals surface area (Å²) >= 11 is 6.34. The Balaban J connectivity index is 2.66. The highest BCUT2D eigenvalue weighted by Gasteiger charge is 2.24. The van der Waals surface area contributed by atoms with Gasteiger partial charge in [-0.05, 0) is 18.4 Å². The molecule has 1 heterocycles. The fraction of sp³-hybridized carbons (Fsp3) is 0.571. The molecule has 1 aliphatic heterocycles. The summed E-state index contributed by atoms with van der Waals surface area (Å²) in [4.78, 5) is 0. The maximum atomic E-state index is 6.34. The van der Waals surface area contributed by atoms with Crippen molar-refractivity contribution in [3.05, 3.63) is 22.2 Å². The molecule has 3 nitrogen and oxygen atoms in total. The van der Waals surface area contributed by atoms with Gasteiger partial charge in [0, 0.05) is 29.1 Å². The quantitative estimate of drug-likeness (QED) is 0.891. The van der Waals surface area contributed by atoms with Crippen molar-refractivity contribution in [1.82, 2.24) is 0 Å². The lowest BCUT2D eigenvalue weighted by Gasteiger charge is -2.22. The highest BCUT2D eigenvalue weighted by atomic mass is 35.5. The Morgan fingerprint density at radius 3 is 2.44 bits per heavy atom. The second-order valence-electron chi connectivity index (χ2n) is 5.01. The van der Waals surface area contributed by atoms with E-state index in [0.29, 0.717) is 24.2 Å². The molecule has 2 rings (SSSR count). The van der Waals surface area contributed by atoms with Gasteiger partial charge in [-0.3, -0.25) is 0 Å². The van der Waals surface area contributed by atoms with Crippen LogP contribution in [-0.4, -0.2) is 13.2 Å². The first-order valence-electron chi connectivity index (χ1n) is 6.39. The van der Waals surface area contributed by atoms with Crippen molar-refractivity contribution in [2.75, 3.05) is 13.2 Å². The summed E-state index contributed by atoms with van der Waals surface area (Å²) in [5.74, 6) is 1.85. The van der Waals surface area contributed by atoms with Gasteiger partial charge in [-0.2, -0.15) is 0 Å². The number of hydrogen-bond acceptors (Lipinski definition) is 3. The topological polar surface area (TPSA) is 44.5 Å². The molecule has 0 fully saturated rings. The zero-order chi connectivity index (χ0) is 13.3. The molecule has 0 radical (unpaired) electrons. The van der Waals surface area contributed by atoms with E-state index in [1.54, 1.807) is 0 Å². The van der Waals surface area contributed by atoms with Crippen LogP contribution < -0.4 is 15.2 Å². The minimum Gasteiger partial charge on any atom is -0.489 e. The highest BCUT2D eigenvalue weighted by molar-refractivity contribution is 6.31. The first kappa shape index (κ1) is 13.5. The van der Waals surface area contributed by atoms with E-state index in [9.17, 15) is 0 Å². The maximum absolute atomic E-state index is 6.34. The molecule has 1 unspecified atom stereocenters. The van der Waals surface area contributed by atoms with Crippen LogP contribution in [0, 0.1) is 0 Å². The lowest BCUT2D eigenvalue weighted by atomic mass is 9.92. The summed E-state index contributed by atoms with van der Waals surface area (Å²) in [6.07, 6.45) is 0.886. The molecule has 4 heteroatoms. The van der Waals surface area contributed by atoms with Crippen LogP contribution in [0.3, 0.4) is 0 Å². The fourth-order valence-corrected chi connectivity index (χ4v) is 2.72. The van der Waals surface area contributed by atoms with Gasteiger partial charge in [0.1, 0.15) is 0 Å². The molecular weight excluding hydrogens is 250 g/mol. The van der Waals surface area contributed by atoms with Crippen molar-refractivity contribution in [3.63, 3.8) is 0 Å². The van der Waals surface area contributed by atoms with Crippen molar-refractivity contribution in [1.29, 1.82) is 0 Å². The van der Waals surface area contributed by atoms with Crippen LogP contribution in [0.5, 0.6) is 11.5 Å². The molecule has 0 saturated carbocycles. The third-order valence-corrected chi connectivity index (χ3v) is 3.41. The van der Waals surface area contributed by atoms with E-state index in [4.69, 9.17) is 26.8 Å². The predicted molar refractivity (Wildman–Crippen MR) is 73.8 cm³/mol. The van der Waals surface area contributed by atoms with E-state index in [-0.39, 0.29) is 6.04 Å². The van der Waals surface area contributed by atoms with Crippen molar-refractivity contribution in [2.45, 2.75) is 39.2 Å². The molecule has 0 spiro atoms. The predicted octanol–water partition coefficient (Wildman–Crippen LogP) is 3.64. The lowest BCUT2D eigenvalue weighted by Crippen LogP contribution is -2.12. The van der Waals surface area contributed by atoms with Gasteiger partial charge < -0.3 is 15.2 Å². The van der Waals surface area contributed by atoms with Crippen molar-refractivity contribution < 1.29 is 9.47 Å². The molecule has 1 aromatic carbocycles. The number of nitrogens with two attached hydrogens (primary N) is 1. The third-order valence-electron chi connectivity index (χ3n) is 3.10. The van der Waals surface area contributed by atoms with E-state index >= 15 is 0 Å². The lowest BCUT2D eigenvalue weighted by molar-refractivity contribution is 0.295. The van der Waals surface area contributed by atoms with Crippen LogP contribution in [-0.2, 0) is 0 Å². The summed E-state index contributed by atoms with van der Waals surface area (Å²) in [6, 6.07) is 1.71. The molecule has 1 aromatic rings. The van der Waals surface area contributed by atoms with E-state index in [1.807, 2.05) is 13.0 Å². The Hall–Kier alpha value is -0.930. The standard InChI is InChI=1S/C14H20ClNO2/c1-8(2)12-13(9(3)16)10(15)7-11-14(12)18-6-4-5-17-11/h7-9H,4-6,16H2,1-3H3. The van der Waals surface area contributed by atoms with Crippen LogP contribution in [0.4, 0.5) is 0 Å². The van der Waals surface area contributed by atoms with Gasteiger partial charge in [0.15, 0.2) is 11.5 Å². The Morgan fingerprint density at radius 2 is 1.83 bits per heavy atom. The molecular formula is C14H20ClNO2. The molecule has 0 amide bonds. The van der Waals surface area contributed by atoms with Crippen molar-refractivity contribution in [2.24, 2.45) is 5.73 Å². The van der Waals surface area contributed by atoms with Crippen LogP contribution in [0.15, 0.2) is 6.07 Å². The van der Waals surface area contributed by atoms with Gasteiger partial charge in [-0.25, -0.2) is 0 Å². The smallest absolute Gasteiger partial charge is 0.165 e. The van der Waals surface area contributed by atoms with Gasteiger partial charge >= 0.3 is 0 Å². The zero-order valence-corrected chi connectivity index (χ0v) is 11.9. The summed E-state index contributed by atoms with van der Waals surface area (Å²) in [6.45, 7) is 7.51. The van der Waals surface area contributed by atoms with Gasteiger partial charge in [0.25, 0.3) is 0 Å². The summed E-state index contributed by atoms with van der Waals surface area (Å²) < 4.78 is 11.6. The van der Waals surface area contributed by atoms with E-state index in [2.05, 4.69) is 13.8 Å². The van der Waals surface area contributed by atoms with Crippen LogP contribution in [0.25, 0.3) is 0 Å². The van der Waals surface area contributed by atoms with Crippen molar-refractivity contribution in [3.8, 4) is 11.5 Å². The van der Waals surface area contributed by atoms with Crippen LogP contribution in [0.1, 0.15) is 50.3 Å². The normalized spacial score (nSPS) is 16.6. The van der Waals surface area contributed by atoms with E-state index in [1.165, 1.54) is 0 Å². The summed E-state index contributed by atoms with van der Waals surface area (Å²) in [5.41, 5.74) is 8.09. The summed E-state index contributed by atoms with van der Waals surface area (Å²) in [7, 11) is 0. The number of halogens is 1. The molecule has 1 atom stereocenters. The van der Waals surface area contributed by atoms with Gasteiger partial charge in [0.05, 0.1) is 13.2 Å².